The highest BCUT2D eigenvalue weighted by molar-refractivity contribution is 8.26. The van der Waals surface area contributed by atoms with E-state index in [9.17, 15) is 9.59 Å². The molecule has 30 heavy (non-hydrogen) atoms. The van der Waals surface area contributed by atoms with Crippen molar-refractivity contribution in [3.63, 3.8) is 0 Å². The quantitative estimate of drug-likeness (QED) is 0.458. The Bertz CT molecular complexity index is 999. The van der Waals surface area contributed by atoms with Crippen LogP contribution in [0.15, 0.2) is 46.9 Å². The summed E-state index contributed by atoms with van der Waals surface area (Å²) in [6.45, 7) is 4.36. The standard InChI is InChI=1S/C21H22N4O2S3/c1-3-18-23-24-20(30-18)22-17(26)10-7-11-25-19(27)16(29-21(25)28)13-14(2)12-15-8-5-4-6-9-15/h4-6,8-9,12-13H,3,7,10-11H2,1-2H3,(H,22,24,26)/b14-12+,16-13-. The number of carbonyl (C=O) groups is 2. The van der Waals surface area contributed by atoms with Crippen LogP contribution < -0.4 is 5.32 Å². The van der Waals surface area contributed by atoms with Crippen molar-refractivity contribution in [1.29, 1.82) is 0 Å². The first-order chi connectivity index (χ1) is 14.5. The number of nitrogens with zero attached hydrogens (tertiary/aromatic N) is 3. The van der Waals surface area contributed by atoms with E-state index in [0.29, 0.717) is 27.3 Å². The molecule has 1 aliphatic heterocycles. The second kappa shape index (κ2) is 10.6. The number of anilines is 1. The van der Waals surface area contributed by atoms with Crippen molar-refractivity contribution in [1.82, 2.24) is 15.1 Å². The SMILES string of the molecule is CCc1nnc(NC(=O)CCCN2C(=O)/C(=C/C(C)=C/c3ccccc3)SC2=S)s1. The monoisotopic (exact) mass is 458 g/mol. The minimum absolute atomic E-state index is 0.108. The van der Waals surface area contributed by atoms with Crippen LogP contribution in [0.1, 0.15) is 37.3 Å². The molecule has 0 aliphatic carbocycles. The molecule has 1 fully saturated rings. The van der Waals surface area contributed by atoms with Gasteiger partial charge in [0.05, 0.1) is 4.91 Å². The maximum Gasteiger partial charge on any atom is 0.266 e. The van der Waals surface area contributed by atoms with E-state index in [0.717, 1.165) is 22.6 Å². The molecule has 0 atom stereocenters. The molecule has 2 heterocycles. The number of amides is 2. The minimum Gasteiger partial charge on any atom is -0.301 e. The predicted octanol–water partition coefficient (Wildman–Crippen LogP) is 4.67. The number of hydrogen-bond donors (Lipinski definition) is 1. The third-order valence-corrected chi connectivity index (χ3v) is 6.59. The highest BCUT2D eigenvalue weighted by Gasteiger charge is 2.31. The molecule has 0 unspecified atom stereocenters. The number of thioether (sulfide) groups is 1. The third-order valence-electron chi connectivity index (χ3n) is 4.23. The molecule has 0 spiro atoms. The zero-order valence-electron chi connectivity index (χ0n) is 16.8. The molecular weight excluding hydrogens is 436 g/mol. The number of allylic oxidation sites excluding steroid dienone is 2. The van der Waals surface area contributed by atoms with Crippen molar-refractivity contribution in [2.45, 2.75) is 33.1 Å². The molecule has 1 saturated heterocycles. The second-order valence-corrected chi connectivity index (χ2v) is 9.38. The van der Waals surface area contributed by atoms with Gasteiger partial charge in [-0.25, -0.2) is 0 Å². The molecule has 1 aromatic heterocycles. The van der Waals surface area contributed by atoms with Crippen molar-refractivity contribution in [2.24, 2.45) is 0 Å². The lowest BCUT2D eigenvalue weighted by molar-refractivity contribution is -0.122. The highest BCUT2D eigenvalue weighted by Crippen LogP contribution is 2.32. The lowest BCUT2D eigenvalue weighted by Crippen LogP contribution is -2.29. The van der Waals surface area contributed by atoms with Gasteiger partial charge in [-0.05, 0) is 37.0 Å². The Balaban J connectivity index is 1.52. The number of carbonyl (C=O) groups excluding carboxylic acids is 2. The predicted molar refractivity (Wildman–Crippen MR) is 127 cm³/mol. The summed E-state index contributed by atoms with van der Waals surface area (Å²) in [7, 11) is 0. The van der Waals surface area contributed by atoms with Crippen LogP contribution in [0.2, 0.25) is 0 Å². The molecule has 0 saturated carbocycles. The summed E-state index contributed by atoms with van der Waals surface area (Å²) in [5, 5.41) is 12.1. The normalized spacial score (nSPS) is 15.9. The number of rotatable bonds is 8. The summed E-state index contributed by atoms with van der Waals surface area (Å²) in [6.07, 6.45) is 5.47. The lowest BCUT2D eigenvalue weighted by atomic mass is 10.1. The lowest BCUT2D eigenvalue weighted by Gasteiger charge is -2.13. The van der Waals surface area contributed by atoms with Gasteiger partial charge in [-0.15, -0.1) is 10.2 Å². The fourth-order valence-corrected chi connectivity index (χ4v) is 4.83. The maximum atomic E-state index is 12.7. The summed E-state index contributed by atoms with van der Waals surface area (Å²) < 4.78 is 0.524. The van der Waals surface area contributed by atoms with E-state index in [4.69, 9.17) is 12.2 Å². The molecule has 156 valence electrons. The van der Waals surface area contributed by atoms with Gasteiger partial charge in [0.15, 0.2) is 0 Å². The topological polar surface area (TPSA) is 75.2 Å². The Hall–Kier alpha value is -2.36. The summed E-state index contributed by atoms with van der Waals surface area (Å²) in [4.78, 5) is 27.0. The largest absolute Gasteiger partial charge is 0.301 e. The molecule has 2 amide bonds. The summed E-state index contributed by atoms with van der Waals surface area (Å²) >= 11 is 8.04. The van der Waals surface area contributed by atoms with Crippen LogP contribution in [-0.4, -0.2) is 37.8 Å². The van der Waals surface area contributed by atoms with E-state index in [1.807, 2.05) is 56.3 Å². The van der Waals surface area contributed by atoms with Gasteiger partial charge in [0, 0.05) is 13.0 Å². The van der Waals surface area contributed by atoms with Gasteiger partial charge in [0.25, 0.3) is 5.91 Å². The molecular formula is C21H22N4O2S3. The molecule has 2 aromatic rings. The van der Waals surface area contributed by atoms with Crippen LogP contribution in [0, 0.1) is 0 Å². The maximum absolute atomic E-state index is 12.7. The summed E-state index contributed by atoms with van der Waals surface area (Å²) in [5.74, 6) is -0.251. The van der Waals surface area contributed by atoms with Gasteiger partial charge >= 0.3 is 0 Å². The zero-order valence-corrected chi connectivity index (χ0v) is 19.2. The van der Waals surface area contributed by atoms with Crippen molar-refractivity contribution >= 4 is 62.7 Å². The van der Waals surface area contributed by atoms with Gasteiger partial charge in [-0.3, -0.25) is 14.5 Å². The first kappa shape index (κ1) is 22.3. The zero-order chi connectivity index (χ0) is 21.5. The van der Waals surface area contributed by atoms with E-state index >= 15 is 0 Å². The van der Waals surface area contributed by atoms with Crippen molar-refractivity contribution in [3.8, 4) is 0 Å². The third kappa shape index (κ3) is 6.07. The van der Waals surface area contributed by atoms with Gasteiger partial charge in [-0.2, -0.15) is 0 Å². The van der Waals surface area contributed by atoms with E-state index in [1.54, 1.807) is 4.90 Å². The number of nitrogens with one attached hydrogen (secondary N) is 1. The average Bonchev–Trinajstić information content (AvgIpc) is 3.28. The van der Waals surface area contributed by atoms with E-state index < -0.39 is 0 Å². The van der Waals surface area contributed by atoms with Crippen molar-refractivity contribution < 1.29 is 9.59 Å². The first-order valence-corrected chi connectivity index (χ1v) is 11.6. The Morgan fingerprint density at radius 1 is 1.27 bits per heavy atom. The Labute approximate surface area is 189 Å². The second-order valence-electron chi connectivity index (χ2n) is 6.64. The molecule has 9 heteroatoms. The molecule has 1 aliphatic rings. The van der Waals surface area contributed by atoms with E-state index in [2.05, 4.69) is 15.5 Å². The Kier molecular flexibility index (Phi) is 7.89. The summed E-state index contributed by atoms with van der Waals surface area (Å²) in [5.41, 5.74) is 2.05. The van der Waals surface area contributed by atoms with Crippen molar-refractivity contribution in [2.75, 3.05) is 11.9 Å². The van der Waals surface area contributed by atoms with Crippen LogP contribution in [0.5, 0.6) is 0 Å². The van der Waals surface area contributed by atoms with Crippen LogP contribution in [0.25, 0.3) is 6.08 Å². The smallest absolute Gasteiger partial charge is 0.266 e. The van der Waals surface area contributed by atoms with Crippen LogP contribution in [-0.2, 0) is 16.0 Å². The molecule has 1 N–H and O–H groups in total. The fourth-order valence-electron chi connectivity index (χ4n) is 2.78. The summed E-state index contributed by atoms with van der Waals surface area (Å²) in [6, 6.07) is 9.94. The highest BCUT2D eigenvalue weighted by atomic mass is 32.2. The number of benzene rings is 1. The number of aryl methyl sites for hydroxylation is 1. The van der Waals surface area contributed by atoms with Gasteiger partial charge in [-0.1, -0.05) is 78.6 Å². The van der Waals surface area contributed by atoms with Gasteiger partial charge < -0.3 is 5.32 Å². The van der Waals surface area contributed by atoms with Gasteiger partial charge in [0.2, 0.25) is 11.0 Å². The Morgan fingerprint density at radius 2 is 2.03 bits per heavy atom. The Morgan fingerprint density at radius 3 is 2.73 bits per heavy atom. The van der Waals surface area contributed by atoms with E-state index in [1.165, 1.54) is 23.1 Å². The molecule has 3 rings (SSSR count). The molecule has 0 radical (unpaired) electrons. The number of hydrogen-bond acceptors (Lipinski definition) is 7. The first-order valence-electron chi connectivity index (χ1n) is 9.57. The number of thiocarbonyl (C=S) groups is 1. The average molecular weight is 459 g/mol. The van der Waals surface area contributed by atoms with Crippen molar-refractivity contribution in [3.05, 3.63) is 57.5 Å². The molecule has 1 aromatic carbocycles. The van der Waals surface area contributed by atoms with Crippen LogP contribution in [0.3, 0.4) is 0 Å². The fraction of sp³-hybridized carbons (Fsp3) is 0.286. The van der Waals surface area contributed by atoms with Crippen LogP contribution >= 0.6 is 35.3 Å². The molecule has 0 bridgehead atoms. The molecule has 6 nitrogen and oxygen atoms in total. The van der Waals surface area contributed by atoms with E-state index in [-0.39, 0.29) is 18.2 Å². The van der Waals surface area contributed by atoms with Gasteiger partial charge in [0.1, 0.15) is 9.33 Å². The minimum atomic E-state index is -0.142. The van der Waals surface area contributed by atoms with Crippen LogP contribution in [0.4, 0.5) is 5.13 Å². The number of aromatic nitrogens is 2.